The van der Waals surface area contributed by atoms with Gasteiger partial charge in [0.2, 0.25) is 4.86 Å². The zero-order chi connectivity index (χ0) is 10.3. The largest absolute Gasteiger partial charge is 0.208 e. The second kappa shape index (κ2) is 6.29. The van der Waals surface area contributed by atoms with Crippen LogP contribution in [-0.4, -0.2) is 22.1 Å². The van der Waals surface area contributed by atoms with E-state index in [2.05, 4.69) is 53.4 Å². The molecule has 0 unspecified atom stereocenters. The molecule has 0 saturated heterocycles. The lowest BCUT2D eigenvalue weighted by Gasteiger charge is -1.97. The van der Waals surface area contributed by atoms with Gasteiger partial charge >= 0.3 is 0 Å². The summed E-state index contributed by atoms with van der Waals surface area (Å²) in [5, 5.41) is 0. The second-order valence-electron chi connectivity index (χ2n) is 3.71. The van der Waals surface area contributed by atoms with Crippen LogP contribution in [0, 0.1) is 0 Å². The van der Waals surface area contributed by atoms with Crippen LogP contribution in [0.15, 0.2) is 30.3 Å². The van der Waals surface area contributed by atoms with Gasteiger partial charge in [0.1, 0.15) is 0 Å². The molecule has 0 aromatic heterocycles. The van der Waals surface area contributed by atoms with Crippen LogP contribution >= 0.6 is 11.8 Å². The normalized spacial score (nSPS) is 18.5. The number of hydrogen-bond donors (Lipinski definition) is 0. The standard InChI is InChI=1S/C13H17S2/c1-2-6-12(7-3-1)13-8-4-5-9-14-10-11-15-13/h1-3,6-7H,4-5,8-11H2/q+1. The smallest absolute Gasteiger partial charge is 0.156 e. The molecule has 1 heterocycles. The maximum Gasteiger partial charge on any atom is 0.208 e. The number of rotatable bonds is 1. The van der Waals surface area contributed by atoms with Crippen LogP contribution in [-0.2, 0) is 11.4 Å². The number of benzene rings is 1. The molecule has 0 fully saturated rings. The van der Waals surface area contributed by atoms with Crippen molar-refractivity contribution in [2.24, 2.45) is 0 Å². The van der Waals surface area contributed by atoms with Crippen molar-refractivity contribution < 1.29 is 0 Å². The summed E-state index contributed by atoms with van der Waals surface area (Å²) >= 11 is 4.17. The van der Waals surface area contributed by atoms with Crippen molar-refractivity contribution in [1.82, 2.24) is 0 Å². The van der Waals surface area contributed by atoms with E-state index in [9.17, 15) is 0 Å². The summed E-state index contributed by atoms with van der Waals surface area (Å²) in [6.07, 6.45) is 4.00. The van der Waals surface area contributed by atoms with E-state index < -0.39 is 0 Å². The van der Waals surface area contributed by atoms with Gasteiger partial charge in [0.15, 0.2) is 17.1 Å². The Labute approximate surface area is 100 Å². The minimum atomic E-state index is 1.27. The second-order valence-corrected chi connectivity index (χ2v) is 6.12. The van der Waals surface area contributed by atoms with Gasteiger partial charge in [0.05, 0.1) is 0 Å². The first-order valence-corrected chi connectivity index (χ1v) is 7.72. The fourth-order valence-electron chi connectivity index (χ4n) is 1.74. The van der Waals surface area contributed by atoms with Gasteiger partial charge in [-0.25, -0.2) is 0 Å². The molecule has 0 N–H and O–H groups in total. The van der Waals surface area contributed by atoms with Crippen molar-refractivity contribution >= 4 is 28.0 Å². The lowest BCUT2D eigenvalue weighted by molar-refractivity contribution is 0.850. The Morgan fingerprint density at radius 1 is 1.00 bits per heavy atom. The zero-order valence-electron chi connectivity index (χ0n) is 8.95. The maximum atomic E-state index is 2.24. The summed E-state index contributed by atoms with van der Waals surface area (Å²) < 4.78 is 0. The SMILES string of the molecule is c1ccc(C2=[S+]CCSCCCC2)cc1. The van der Waals surface area contributed by atoms with E-state index in [1.54, 1.807) is 4.86 Å². The van der Waals surface area contributed by atoms with Crippen molar-refractivity contribution in [2.45, 2.75) is 19.3 Å². The van der Waals surface area contributed by atoms with Gasteiger partial charge in [0, 0.05) is 17.7 Å². The molecule has 0 radical (unpaired) electrons. The Morgan fingerprint density at radius 3 is 2.73 bits per heavy atom. The molecule has 1 aromatic carbocycles. The van der Waals surface area contributed by atoms with E-state index >= 15 is 0 Å². The Morgan fingerprint density at radius 2 is 1.87 bits per heavy atom. The van der Waals surface area contributed by atoms with Crippen molar-refractivity contribution in [3.05, 3.63) is 35.9 Å². The molecule has 2 rings (SSSR count). The van der Waals surface area contributed by atoms with Gasteiger partial charge in [-0.1, -0.05) is 18.2 Å². The molecule has 1 aromatic rings. The zero-order valence-corrected chi connectivity index (χ0v) is 10.6. The van der Waals surface area contributed by atoms with Gasteiger partial charge in [0.25, 0.3) is 0 Å². The molecule has 80 valence electrons. The highest BCUT2D eigenvalue weighted by Gasteiger charge is 2.14. The lowest BCUT2D eigenvalue weighted by Crippen LogP contribution is -2.04. The quantitative estimate of drug-likeness (QED) is 0.534. The fraction of sp³-hybridized carbons (Fsp3) is 0.462. The average Bonchev–Trinajstić information content (AvgIpc) is 2.43. The first-order valence-electron chi connectivity index (χ1n) is 5.58. The van der Waals surface area contributed by atoms with Gasteiger partial charge in [-0.3, -0.25) is 0 Å². The summed E-state index contributed by atoms with van der Waals surface area (Å²) in [5.41, 5.74) is 1.44. The highest BCUT2D eigenvalue weighted by molar-refractivity contribution is 7.99. The van der Waals surface area contributed by atoms with Crippen LogP contribution in [0.3, 0.4) is 0 Å². The molecule has 2 heteroatoms. The van der Waals surface area contributed by atoms with E-state index in [1.165, 1.54) is 42.1 Å². The van der Waals surface area contributed by atoms with E-state index in [-0.39, 0.29) is 0 Å². The van der Waals surface area contributed by atoms with Crippen LogP contribution in [0.4, 0.5) is 0 Å². The third kappa shape index (κ3) is 3.62. The van der Waals surface area contributed by atoms with Crippen LogP contribution < -0.4 is 0 Å². The van der Waals surface area contributed by atoms with Crippen LogP contribution in [0.1, 0.15) is 24.8 Å². The van der Waals surface area contributed by atoms with E-state index in [1.807, 2.05) is 0 Å². The summed E-state index contributed by atoms with van der Waals surface area (Å²) in [5.74, 6) is 3.93. The molecule has 0 amide bonds. The average molecular weight is 237 g/mol. The molecule has 1 aliphatic rings. The lowest BCUT2D eigenvalue weighted by atomic mass is 10.1. The summed E-state index contributed by atoms with van der Waals surface area (Å²) in [6.45, 7) is 0. The fourth-order valence-corrected chi connectivity index (χ4v) is 3.99. The van der Waals surface area contributed by atoms with E-state index in [0.717, 1.165) is 0 Å². The molecular formula is C13H17S2+. The Kier molecular flexibility index (Phi) is 4.68. The predicted octanol–water partition coefficient (Wildman–Crippen LogP) is 3.21. The molecule has 0 aliphatic carbocycles. The first kappa shape index (κ1) is 11.2. The van der Waals surface area contributed by atoms with Crippen molar-refractivity contribution in [2.75, 3.05) is 17.3 Å². The van der Waals surface area contributed by atoms with Gasteiger partial charge in [-0.15, -0.1) is 0 Å². The topological polar surface area (TPSA) is 0 Å². The van der Waals surface area contributed by atoms with Crippen molar-refractivity contribution in [3.63, 3.8) is 0 Å². The third-order valence-electron chi connectivity index (χ3n) is 2.54. The minimum absolute atomic E-state index is 1.27. The van der Waals surface area contributed by atoms with Crippen LogP contribution in [0.2, 0.25) is 0 Å². The third-order valence-corrected chi connectivity index (χ3v) is 5.07. The molecule has 0 nitrogen and oxygen atoms in total. The molecule has 0 spiro atoms. The van der Waals surface area contributed by atoms with Gasteiger partial charge in [-0.05, 0) is 30.7 Å². The number of hydrogen-bond acceptors (Lipinski definition) is 1. The number of thioether (sulfide) groups is 1. The molecule has 0 bridgehead atoms. The maximum absolute atomic E-state index is 2.24. The summed E-state index contributed by atoms with van der Waals surface area (Å²) in [6, 6.07) is 10.9. The highest BCUT2D eigenvalue weighted by Crippen LogP contribution is 2.12. The van der Waals surface area contributed by atoms with Crippen molar-refractivity contribution in [1.29, 1.82) is 0 Å². The Bertz CT molecular complexity index is 317. The molecule has 0 atom stereocenters. The van der Waals surface area contributed by atoms with E-state index in [0.29, 0.717) is 0 Å². The van der Waals surface area contributed by atoms with E-state index in [4.69, 9.17) is 0 Å². The van der Waals surface area contributed by atoms with Gasteiger partial charge < -0.3 is 0 Å². The van der Waals surface area contributed by atoms with Crippen molar-refractivity contribution in [3.8, 4) is 0 Å². The van der Waals surface area contributed by atoms with Crippen LogP contribution in [0.5, 0.6) is 0 Å². The molecule has 1 aliphatic heterocycles. The first-order chi connectivity index (χ1) is 7.47. The van der Waals surface area contributed by atoms with Gasteiger partial charge in [-0.2, -0.15) is 11.8 Å². The minimum Gasteiger partial charge on any atom is -0.156 e. The summed E-state index contributed by atoms with van der Waals surface area (Å²) in [4.78, 5) is 1.60. The Hall–Kier alpha value is -0.340. The molecule has 0 saturated carbocycles. The monoisotopic (exact) mass is 237 g/mol. The predicted molar refractivity (Wildman–Crippen MR) is 74.0 cm³/mol. The summed E-state index contributed by atoms with van der Waals surface area (Å²) in [7, 11) is 0. The molecule has 15 heavy (non-hydrogen) atoms. The molecular weight excluding hydrogens is 220 g/mol. The van der Waals surface area contributed by atoms with Crippen LogP contribution in [0.25, 0.3) is 0 Å². The highest BCUT2D eigenvalue weighted by atomic mass is 32.2. The Balaban J connectivity index is 2.11.